The average molecular weight is 260 g/mol. The Kier molecular flexibility index (Phi) is 3.64. The molecule has 2 amide bonds. The van der Waals surface area contributed by atoms with Gasteiger partial charge in [0.15, 0.2) is 0 Å². The van der Waals surface area contributed by atoms with Crippen molar-refractivity contribution < 1.29 is 14.4 Å². The molecule has 0 bridgehead atoms. The first-order valence-electron chi connectivity index (χ1n) is 6.10. The Morgan fingerprint density at radius 2 is 1.84 bits per heavy atom. The minimum absolute atomic E-state index is 0.0858. The van der Waals surface area contributed by atoms with Crippen molar-refractivity contribution in [2.45, 2.75) is 13.3 Å². The Labute approximate surface area is 111 Å². The van der Waals surface area contributed by atoms with E-state index in [0.29, 0.717) is 6.42 Å². The van der Waals surface area contributed by atoms with Crippen molar-refractivity contribution >= 4 is 23.3 Å². The van der Waals surface area contributed by atoms with Crippen LogP contribution in [0.2, 0.25) is 0 Å². The Morgan fingerprint density at radius 1 is 1.21 bits per heavy atom. The number of benzene rings is 1. The number of ketones is 1. The number of rotatable bonds is 3. The molecule has 5 nitrogen and oxygen atoms in total. The fraction of sp³-hybridized carbons (Fsp3) is 0.357. The highest BCUT2D eigenvalue weighted by Crippen LogP contribution is 2.19. The number of hydrogen-bond donors (Lipinski definition) is 0. The fourth-order valence-corrected chi connectivity index (χ4v) is 2.07. The van der Waals surface area contributed by atoms with Gasteiger partial charge in [0.05, 0.1) is 13.1 Å². The second-order valence-electron chi connectivity index (χ2n) is 4.75. The van der Waals surface area contributed by atoms with E-state index in [9.17, 15) is 14.4 Å². The summed E-state index contributed by atoms with van der Waals surface area (Å²) in [5.41, 5.74) is 1.69. The standard InChI is InChI=1S/C14H16N2O3/c1-10(17)6-11-4-3-5-12(7-11)16-8-13(18)15(2)14(19)9-16/h3-5,7H,6,8-9H2,1-2H3. The van der Waals surface area contributed by atoms with Crippen molar-refractivity contribution in [2.24, 2.45) is 0 Å². The molecule has 5 heteroatoms. The minimum Gasteiger partial charge on any atom is -0.353 e. The number of likely N-dealkylation sites (N-methyl/N-ethyl adjacent to an activating group) is 1. The van der Waals surface area contributed by atoms with Crippen molar-refractivity contribution in [2.75, 3.05) is 25.0 Å². The van der Waals surface area contributed by atoms with Gasteiger partial charge in [-0.25, -0.2) is 0 Å². The third-order valence-electron chi connectivity index (χ3n) is 3.13. The van der Waals surface area contributed by atoms with Gasteiger partial charge in [-0.1, -0.05) is 12.1 Å². The molecule has 0 aliphatic carbocycles. The lowest BCUT2D eigenvalue weighted by Gasteiger charge is -2.32. The average Bonchev–Trinajstić information content (AvgIpc) is 2.35. The smallest absolute Gasteiger partial charge is 0.248 e. The highest BCUT2D eigenvalue weighted by Gasteiger charge is 2.28. The number of piperazine rings is 1. The van der Waals surface area contributed by atoms with Gasteiger partial charge in [-0.15, -0.1) is 0 Å². The summed E-state index contributed by atoms with van der Waals surface area (Å²) in [6.07, 6.45) is 0.365. The van der Waals surface area contributed by atoms with Gasteiger partial charge in [0.1, 0.15) is 5.78 Å². The zero-order valence-corrected chi connectivity index (χ0v) is 11.0. The number of anilines is 1. The van der Waals surface area contributed by atoms with Gasteiger partial charge in [0, 0.05) is 19.2 Å². The molecule has 0 unspecified atom stereocenters. The summed E-state index contributed by atoms with van der Waals surface area (Å²) in [6.45, 7) is 1.91. The Morgan fingerprint density at radius 3 is 2.42 bits per heavy atom. The molecule has 0 aromatic heterocycles. The van der Waals surface area contributed by atoms with Gasteiger partial charge >= 0.3 is 0 Å². The zero-order chi connectivity index (χ0) is 14.0. The van der Waals surface area contributed by atoms with Gasteiger partial charge in [-0.05, 0) is 24.6 Å². The molecule has 0 saturated carbocycles. The molecule has 1 fully saturated rings. The maximum absolute atomic E-state index is 11.7. The molecule has 100 valence electrons. The maximum atomic E-state index is 11.7. The van der Waals surface area contributed by atoms with E-state index < -0.39 is 0 Å². The van der Waals surface area contributed by atoms with Crippen LogP contribution in [0.3, 0.4) is 0 Å². The normalized spacial score (nSPS) is 15.9. The SMILES string of the molecule is CC(=O)Cc1cccc(N2CC(=O)N(C)C(=O)C2)c1. The first-order chi connectivity index (χ1) is 8.97. The number of Topliss-reactive ketones (excluding diaryl/α,β-unsaturated/α-hetero) is 1. The van der Waals surface area contributed by atoms with Crippen LogP contribution in [0.4, 0.5) is 5.69 Å². The second-order valence-corrected chi connectivity index (χ2v) is 4.75. The van der Waals surface area contributed by atoms with Crippen molar-refractivity contribution in [3.8, 4) is 0 Å². The molecule has 2 rings (SSSR count). The van der Waals surface area contributed by atoms with Crippen LogP contribution in [0, 0.1) is 0 Å². The maximum Gasteiger partial charge on any atom is 0.248 e. The number of carbonyl (C=O) groups is 3. The van der Waals surface area contributed by atoms with E-state index in [1.807, 2.05) is 24.3 Å². The molecule has 1 saturated heterocycles. The molecule has 0 radical (unpaired) electrons. The fourth-order valence-electron chi connectivity index (χ4n) is 2.07. The topological polar surface area (TPSA) is 57.7 Å². The summed E-state index contributed by atoms with van der Waals surface area (Å²) in [5, 5.41) is 0. The van der Waals surface area contributed by atoms with Crippen LogP contribution < -0.4 is 4.90 Å². The van der Waals surface area contributed by atoms with E-state index in [4.69, 9.17) is 0 Å². The van der Waals surface area contributed by atoms with Crippen LogP contribution >= 0.6 is 0 Å². The van der Waals surface area contributed by atoms with E-state index in [2.05, 4.69) is 0 Å². The number of hydrogen-bond acceptors (Lipinski definition) is 4. The Balaban J connectivity index is 2.20. The number of nitrogens with zero attached hydrogens (tertiary/aromatic N) is 2. The van der Waals surface area contributed by atoms with Crippen LogP contribution in [0.5, 0.6) is 0 Å². The lowest BCUT2D eigenvalue weighted by Crippen LogP contribution is -2.52. The van der Waals surface area contributed by atoms with Crippen LogP contribution in [0.25, 0.3) is 0 Å². The van der Waals surface area contributed by atoms with Crippen molar-refractivity contribution in [1.82, 2.24) is 4.90 Å². The van der Waals surface area contributed by atoms with Crippen LogP contribution in [0.1, 0.15) is 12.5 Å². The molecular formula is C14H16N2O3. The summed E-state index contributed by atoms with van der Waals surface area (Å²) in [5.74, 6) is -0.343. The third-order valence-corrected chi connectivity index (χ3v) is 3.13. The number of imide groups is 1. The second kappa shape index (κ2) is 5.22. The quantitative estimate of drug-likeness (QED) is 0.748. The van der Waals surface area contributed by atoms with Crippen molar-refractivity contribution in [3.63, 3.8) is 0 Å². The third kappa shape index (κ3) is 2.99. The lowest BCUT2D eigenvalue weighted by atomic mass is 10.1. The van der Waals surface area contributed by atoms with Gasteiger partial charge in [-0.3, -0.25) is 19.3 Å². The summed E-state index contributed by atoms with van der Waals surface area (Å²) >= 11 is 0. The first-order valence-corrected chi connectivity index (χ1v) is 6.10. The molecule has 1 aliphatic rings. The minimum atomic E-state index is -0.215. The van der Waals surface area contributed by atoms with Gasteiger partial charge in [-0.2, -0.15) is 0 Å². The number of amides is 2. The zero-order valence-electron chi connectivity index (χ0n) is 11.0. The highest BCUT2D eigenvalue weighted by molar-refractivity contribution is 6.02. The molecule has 0 spiro atoms. The molecular weight excluding hydrogens is 244 g/mol. The monoisotopic (exact) mass is 260 g/mol. The van der Waals surface area contributed by atoms with E-state index in [1.165, 1.54) is 14.0 Å². The van der Waals surface area contributed by atoms with E-state index in [1.54, 1.807) is 4.90 Å². The van der Waals surface area contributed by atoms with Crippen molar-refractivity contribution in [3.05, 3.63) is 29.8 Å². The van der Waals surface area contributed by atoms with Gasteiger partial charge in [0.25, 0.3) is 0 Å². The first kappa shape index (κ1) is 13.3. The summed E-state index contributed by atoms with van der Waals surface area (Å²) in [6, 6.07) is 7.40. The van der Waals surface area contributed by atoms with E-state index in [-0.39, 0.29) is 30.7 Å². The van der Waals surface area contributed by atoms with Crippen molar-refractivity contribution in [1.29, 1.82) is 0 Å². The summed E-state index contributed by atoms with van der Waals surface area (Å²) < 4.78 is 0. The predicted octanol–water partition coefficient (Wildman–Crippen LogP) is 0.623. The molecule has 0 N–H and O–H groups in total. The molecule has 1 aromatic rings. The largest absolute Gasteiger partial charge is 0.353 e. The molecule has 0 atom stereocenters. The Hall–Kier alpha value is -2.17. The highest BCUT2D eigenvalue weighted by atomic mass is 16.2. The molecule has 19 heavy (non-hydrogen) atoms. The molecule has 1 heterocycles. The summed E-state index contributed by atoms with van der Waals surface area (Å²) in [7, 11) is 1.49. The number of carbonyl (C=O) groups excluding carboxylic acids is 3. The Bertz CT molecular complexity index is 521. The lowest BCUT2D eigenvalue weighted by molar-refractivity contribution is -0.143. The van der Waals surface area contributed by atoms with Gasteiger partial charge in [0.2, 0.25) is 11.8 Å². The summed E-state index contributed by atoms with van der Waals surface area (Å²) in [4.78, 5) is 37.3. The van der Waals surface area contributed by atoms with Crippen LogP contribution in [-0.4, -0.2) is 42.6 Å². The van der Waals surface area contributed by atoms with E-state index in [0.717, 1.165) is 16.2 Å². The molecule has 1 aromatic carbocycles. The molecule has 1 aliphatic heterocycles. The predicted molar refractivity (Wildman–Crippen MR) is 70.8 cm³/mol. The van der Waals surface area contributed by atoms with Gasteiger partial charge < -0.3 is 4.90 Å². The van der Waals surface area contributed by atoms with E-state index >= 15 is 0 Å². The van der Waals surface area contributed by atoms with Crippen LogP contribution in [0.15, 0.2) is 24.3 Å². The van der Waals surface area contributed by atoms with Crippen LogP contribution in [-0.2, 0) is 20.8 Å².